The summed E-state index contributed by atoms with van der Waals surface area (Å²) in [5.74, 6) is -0.660. The molecule has 0 rings (SSSR count). The standard InChI is InChI=1S/C12H25NO5Si/c1-8(14)9(10(15)17-5)13(12(2,3)4)11(16)18-19(6)7/h8-9,14,19H,1-7H3. The van der Waals surface area contributed by atoms with Gasteiger partial charge in [0.15, 0.2) is 6.04 Å². The highest BCUT2D eigenvalue weighted by Gasteiger charge is 2.41. The minimum absolute atomic E-state index is 0.592. The van der Waals surface area contributed by atoms with Crippen LogP contribution >= 0.6 is 0 Å². The maximum absolute atomic E-state index is 12.2. The molecule has 0 bridgehead atoms. The van der Waals surface area contributed by atoms with Crippen LogP contribution < -0.4 is 0 Å². The summed E-state index contributed by atoms with van der Waals surface area (Å²) in [4.78, 5) is 25.2. The summed E-state index contributed by atoms with van der Waals surface area (Å²) in [7, 11) is -0.371. The molecule has 19 heavy (non-hydrogen) atoms. The molecule has 1 N–H and O–H groups in total. The van der Waals surface area contributed by atoms with Crippen LogP contribution in [0.25, 0.3) is 0 Å². The third-order valence-corrected chi connectivity index (χ3v) is 3.11. The number of aliphatic hydroxyl groups is 1. The fraction of sp³-hybridized carbons (Fsp3) is 0.833. The molecule has 0 saturated carbocycles. The monoisotopic (exact) mass is 291 g/mol. The van der Waals surface area contributed by atoms with Crippen molar-refractivity contribution in [3.05, 3.63) is 0 Å². The van der Waals surface area contributed by atoms with Crippen molar-refractivity contribution >= 4 is 21.1 Å². The van der Waals surface area contributed by atoms with Crippen molar-refractivity contribution in [1.82, 2.24) is 4.90 Å². The molecular formula is C12H25NO5Si. The average Bonchev–Trinajstić information content (AvgIpc) is 2.20. The van der Waals surface area contributed by atoms with Crippen LogP contribution in [0.5, 0.6) is 0 Å². The molecule has 2 atom stereocenters. The van der Waals surface area contributed by atoms with Crippen molar-refractivity contribution in [3.63, 3.8) is 0 Å². The Hall–Kier alpha value is -1.08. The van der Waals surface area contributed by atoms with Crippen molar-refractivity contribution in [2.45, 2.75) is 58.5 Å². The largest absolute Gasteiger partial charge is 0.507 e. The van der Waals surface area contributed by atoms with Gasteiger partial charge in [-0.2, -0.15) is 0 Å². The third kappa shape index (κ3) is 5.20. The number of esters is 1. The number of amides is 1. The van der Waals surface area contributed by atoms with Crippen LogP contribution in [-0.4, -0.2) is 55.9 Å². The molecule has 0 fully saturated rings. The van der Waals surface area contributed by atoms with Crippen molar-refractivity contribution < 1.29 is 23.9 Å². The summed E-state index contributed by atoms with van der Waals surface area (Å²) in [6.07, 6.45) is -1.64. The number of hydrogen-bond acceptors (Lipinski definition) is 5. The number of carbonyl (C=O) groups excluding carboxylic acids is 2. The summed E-state index contributed by atoms with van der Waals surface area (Å²) in [5, 5.41) is 9.79. The number of rotatable bonds is 4. The number of aliphatic hydroxyl groups excluding tert-OH is 1. The van der Waals surface area contributed by atoms with Gasteiger partial charge in [0.2, 0.25) is 9.04 Å². The molecule has 112 valence electrons. The van der Waals surface area contributed by atoms with Gasteiger partial charge >= 0.3 is 12.1 Å². The van der Waals surface area contributed by atoms with E-state index < -0.39 is 38.8 Å². The van der Waals surface area contributed by atoms with Crippen molar-refractivity contribution in [3.8, 4) is 0 Å². The van der Waals surface area contributed by atoms with Gasteiger partial charge in [0.1, 0.15) is 0 Å². The molecule has 0 aliphatic carbocycles. The van der Waals surface area contributed by atoms with Gasteiger partial charge in [0.05, 0.1) is 13.2 Å². The molecule has 0 spiro atoms. The number of methoxy groups -OCH3 is 1. The van der Waals surface area contributed by atoms with Crippen LogP contribution in [0.4, 0.5) is 4.79 Å². The van der Waals surface area contributed by atoms with Crippen LogP contribution in [0.15, 0.2) is 0 Å². The van der Waals surface area contributed by atoms with E-state index in [1.165, 1.54) is 18.9 Å². The van der Waals surface area contributed by atoms with E-state index in [0.29, 0.717) is 0 Å². The fourth-order valence-corrected chi connectivity index (χ4v) is 2.22. The molecule has 0 aliphatic rings. The minimum atomic E-state index is -1.59. The summed E-state index contributed by atoms with van der Waals surface area (Å²) >= 11 is 0. The van der Waals surface area contributed by atoms with Crippen molar-refractivity contribution in [2.75, 3.05) is 7.11 Å². The first-order valence-electron chi connectivity index (χ1n) is 6.28. The summed E-state index contributed by atoms with van der Waals surface area (Å²) in [6.45, 7) is 10.5. The lowest BCUT2D eigenvalue weighted by Gasteiger charge is -2.40. The third-order valence-electron chi connectivity index (χ3n) is 2.43. The zero-order valence-corrected chi connectivity index (χ0v) is 13.9. The molecule has 0 aromatic heterocycles. The number of ether oxygens (including phenoxy) is 1. The molecule has 6 nitrogen and oxygen atoms in total. The molecule has 0 heterocycles. The lowest BCUT2D eigenvalue weighted by Crippen LogP contribution is -2.59. The normalized spacial score (nSPS) is 14.8. The molecular weight excluding hydrogens is 266 g/mol. The SMILES string of the molecule is COC(=O)C(C(C)O)N(C(=O)O[SiH](C)C)C(C)(C)C. The Kier molecular flexibility index (Phi) is 6.51. The second kappa shape index (κ2) is 6.90. The second-order valence-corrected chi connectivity index (χ2v) is 8.02. The van der Waals surface area contributed by atoms with E-state index in [9.17, 15) is 14.7 Å². The number of hydrogen-bond donors (Lipinski definition) is 1. The zero-order chi connectivity index (χ0) is 15.4. The number of nitrogens with zero attached hydrogens (tertiary/aromatic N) is 1. The Morgan fingerprint density at radius 3 is 2.00 bits per heavy atom. The van der Waals surface area contributed by atoms with Crippen LogP contribution in [0.1, 0.15) is 27.7 Å². The first-order valence-corrected chi connectivity index (χ1v) is 9.06. The average molecular weight is 291 g/mol. The van der Waals surface area contributed by atoms with E-state index in [-0.39, 0.29) is 0 Å². The Labute approximate surface area is 116 Å². The van der Waals surface area contributed by atoms with E-state index in [1.54, 1.807) is 20.8 Å². The Morgan fingerprint density at radius 2 is 1.74 bits per heavy atom. The molecule has 2 unspecified atom stereocenters. The van der Waals surface area contributed by atoms with Gasteiger partial charge in [-0.15, -0.1) is 0 Å². The van der Waals surface area contributed by atoms with Gasteiger partial charge in [-0.25, -0.2) is 9.59 Å². The Balaban J connectivity index is 5.44. The summed E-state index contributed by atoms with van der Waals surface area (Å²) in [5.41, 5.74) is -0.670. The predicted molar refractivity (Wildman–Crippen MR) is 74.4 cm³/mol. The highest BCUT2D eigenvalue weighted by molar-refractivity contribution is 6.50. The minimum Gasteiger partial charge on any atom is -0.507 e. The van der Waals surface area contributed by atoms with Crippen molar-refractivity contribution in [1.29, 1.82) is 0 Å². The van der Waals surface area contributed by atoms with Crippen LogP contribution in [0.2, 0.25) is 13.1 Å². The van der Waals surface area contributed by atoms with Gasteiger partial charge in [-0.1, -0.05) is 0 Å². The van der Waals surface area contributed by atoms with E-state index in [1.807, 2.05) is 13.1 Å². The van der Waals surface area contributed by atoms with Crippen molar-refractivity contribution in [2.24, 2.45) is 0 Å². The van der Waals surface area contributed by atoms with Gasteiger partial charge in [0.25, 0.3) is 0 Å². The summed E-state index contributed by atoms with van der Waals surface area (Å²) < 4.78 is 9.94. The van der Waals surface area contributed by atoms with Crippen LogP contribution in [0.3, 0.4) is 0 Å². The molecule has 1 amide bonds. The van der Waals surface area contributed by atoms with Crippen LogP contribution in [0, 0.1) is 0 Å². The summed E-state index contributed by atoms with van der Waals surface area (Å²) in [6, 6.07) is -1.08. The number of carbonyl (C=O) groups is 2. The lowest BCUT2D eigenvalue weighted by molar-refractivity contribution is -0.152. The molecule has 0 aromatic rings. The highest BCUT2D eigenvalue weighted by Crippen LogP contribution is 2.22. The van der Waals surface area contributed by atoms with E-state index in [0.717, 1.165) is 0 Å². The molecule has 0 saturated heterocycles. The Bertz CT molecular complexity index is 325. The van der Waals surface area contributed by atoms with Crippen LogP contribution in [-0.2, 0) is 14.0 Å². The first kappa shape index (κ1) is 17.9. The predicted octanol–water partition coefficient (Wildman–Crippen LogP) is 1.13. The van der Waals surface area contributed by atoms with Gasteiger partial charge in [-0.05, 0) is 40.8 Å². The quantitative estimate of drug-likeness (QED) is 0.620. The smallest absolute Gasteiger partial charge is 0.397 e. The van der Waals surface area contributed by atoms with Gasteiger partial charge in [-0.3, -0.25) is 4.90 Å². The zero-order valence-electron chi connectivity index (χ0n) is 12.8. The maximum Gasteiger partial charge on any atom is 0.397 e. The van der Waals surface area contributed by atoms with Gasteiger partial charge < -0.3 is 14.3 Å². The van der Waals surface area contributed by atoms with E-state index >= 15 is 0 Å². The lowest BCUT2D eigenvalue weighted by atomic mass is 10.0. The molecule has 0 radical (unpaired) electrons. The highest BCUT2D eigenvalue weighted by atomic mass is 28.3. The van der Waals surface area contributed by atoms with Gasteiger partial charge in [0, 0.05) is 5.54 Å². The Morgan fingerprint density at radius 1 is 1.26 bits per heavy atom. The van der Waals surface area contributed by atoms with E-state index in [2.05, 4.69) is 4.74 Å². The molecule has 7 heteroatoms. The topological polar surface area (TPSA) is 76.1 Å². The molecule has 0 aromatic carbocycles. The first-order chi connectivity index (χ1) is 8.52. The fourth-order valence-electron chi connectivity index (χ4n) is 1.70. The second-order valence-electron chi connectivity index (χ2n) is 5.68. The van der Waals surface area contributed by atoms with E-state index in [4.69, 9.17) is 4.43 Å². The molecule has 0 aliphatic heterocycles. The maximum atomic E-state index is 12.2.